The second-order valence-corrected chi connectivity index (χ2v) is 4.87. The smallest absolute Gasteiger partial charge is 0.333 e. The van der Waals surface area contributed by atoms with E-state index in [2.05, 4.69) is 0 Å². The van der Waals surface area contributed by atoms with Gasteiger partial charge in [-0.1, -0.05) is 6.07 Å². The minimum Gasteiger partial charge on any atom is -0.464 e. The zero-order valence-corrected chi connectivity index (χ0v) is 11.9. The average molecular weight is 279 g/mol. The van der Waals surface area contributed by atoms with Crippen molar-refractivity contribution < 1.29 is 18.7 Å². The summed E-state index contributed by atoms with van der Waals surface area (Å²) in [5.41, 5.74) is 2.02. The van der Waals surface area contributed by atoms with Gasteiger partial charge in [-0.05, 0) is 37.5 Å². The molecule has 0 aromatic heterocycles. The molecule has 20 heavy (non-hydrogen) atoms. The molecule has 1 amide bonds. The monoisotopic (exact) mass is 279 g/mol. The Labute approximate surface area is 117 Å². The first-order valence-electron chi connectivity index (χ1n) is 6.69. The highest BCUT2D eigenvalue weighted by atomic mass is 19.1. The van der Waals surface area contributed by atoms with Crippen LogP contribution in [0, 0.1) is 12.7 Å². The molecule has 1 heterocycles. The number of aryl methyl sites for hydroxylation is 1. The lowest BCUT2D eigenvalue weighted by Crippen LogP contribution is -2.44. The standard InChI is InChI=1S/C15H18FNO3/c1-4-20-15(19)14-13-11(7-8-17(14)10(3)18)9(2)5-6-12(13)16/h5-6,14H,4,7-8H2,1-3H3. The fourth-order valence-electron chi connectivity index (χ4n) is 2.70. The first kappa shape index (κ1) is 14.5. The van der Waals surface area contributed by atoms with Crippen LogP contribution in [0.3, 0.4) is 0 Å². The van der Waals surface area contributed by atoms with Gasteiger partial charge in [-0.15, -0.1) is 0 Å². The first-order valence-corrected chi connectivity index (χ1v) is 6.69. The zero-order valence-electron chi connectivity index (χ0n) is 11.9. The van der Waals surface area contributed by atoms with E-state index < -0.39 is 17.8 Å². The molecule has 1 aliphatic heterocycles. The Morgan fingerprint density at radius 1 is 1.45 bits per heavy atom. The average Bonchev–Trinajstić information content (AvgIpc) is 2.41. The SMILES string of the molecule is CCOC(=O)C1c2c(F)ccc(C)c2CCN1C(C)=O. The van der Waals surface area contributed by atoms with Crippen molar-refractivity contribution in [1.29, 1.82) is 0 Å². The van der Waals surface area contributed by atoms with E-state index in [0.29, 0.717) is 13.0 Å². The van der Waals surface area contributed by atoms with Crippen LogP contribution < -0.4 is 0 Å². The summed E-state index contributed by atoms with van der Waals surface area (Å²) in [5, 5.41) is 0. The fraction of sp³-hybridized carbons (Fsp3) is 0.467. The minimum atomic E-state index is -0.976. The predicted octanol–water partition coefficient (Wildman–Crippen LogP) is 2.14. The van der Waals surface area contributed by atoms with Gasteiger partial charge in [0.1, 0.15) is 5.82 Å². The van der Waals surface area contributed by atoms with Gasteiger partial charge in [-0.2, -0.15) is 0 Å². The van der Waals surface area contributed by atoms with Gasteiger partial charge in [0, 0.05) is 19.0 Å². The molecule has 0 aliphatic carbocycles. The van der Waals surface area contributed by atoms with Gasteiger partial charge in [0.25, 0.3) is 0 Å². The second-order valence-electron chi connectivity index (χ2n) is 4.87. The molecule has 108 valence electrons. The Morgan fingerprint density at radius 3 is 2.75 bits per heavy atom. The van der Waals surface area contributed by atoms with E-state index >= 15 is 0 Å². The Kier molecular flexibility index (Phi) is 4.06. The quantitative estimate of drug-likeness (QED) is 0.779. The third-order valence-corrected chi connectivity index (χ3v) is 3.64. The van der Waals surface area contributed by atoms with E-state index in [1.165, 1.54) is 17.9 Å². The molecule has 1 aromatic rings. The summed E-state index contributed by atoms with van der Waals surface area (Å²) in [7, 11) is 0. The molecule has 0 radical (unpaired) electrons. The highest BCUT2D eigenvalue weighted by Gasteiger charge is 2.38. The Balaban J connectivity index is 2.56. The van der Waals surface area contributed by atoms with Gasteiger partial charge < -0.3 is 9.64 Å². The molecule has 1 atom stereocenters. The molecule has 0 N–H and O–H groups in total. The number of hydrogen-bond acceptors (Lipinski definition) is 3. The highest BCUT2D eigenvalue weighted by molar-refractivity contribution is 5.85. The van der Waals surface area contributed by atoms with Crippen molar-refractivity contribution in [2.24, 2.45) is 0 Å². The number of halogens is 1. The molecule has 0 saturated carbocycles. The maximum Gasteiger partial charge on any atom is 0.333 e. The van der Waals surface area contributed by atoms with Crippen LogP contribution >= 0.6 is 0 Å². The molecular weight excluding hydrogens is 261 g/mol. The largest absolute Gasteiger partial charge is 0.464 e. The molecule has 0 spiro atoms. The number of carbonyl (C=O) groups excluding carboxylic acids is 2. The molecule has 5 heteroatoms. The number of benzene rings is 1. The van der Waals surface area contributed by atoms with Gasteiger partial charge >= 0.3 is 5.97 Å². The topological polar surface area (TPSA) is 46.6 Å². The summed E-state index contributed by atoms with van der Waals surface area (Å²) in [5.74, 6) is -1.29. The van der Waals surface area contributed by atoms with Gasteiger partial charge in [0.05, 0.1) is 6.61 Å². The molecule has 0 fully saturated rings. The Hall–Kier alpha value is -1.91. The number of ether oxygens (including phenoxy) is 1. The van der Waals surface area contributed by atoms with Gasteiger partial charge in [0.15, 0.2) is 6.04 Å². The number of nitrogens with zero attached hydrogens (tertiary/aromatic N) is 1. The van der Waals surface area contributed by atoms with Crippen LogP contribution in [0.2, 0.25) is 0 Å². The summed E-state index contributed by atoms with van der Waals surface area (Å²) in [6.07, 6.45) is 0.550. The van der Waals surface area contributed by atoms with Crippen molar-refractivity contribution in [2.45, 2.75) is 33.2 Å². The van der Waals surface area contributed by atoms with E-state index in [4.69, 9.17) is 4.74 Å². The molecule has 1 unspecified atom stereocenters. The highest BCUT2D eigenvalue weighted by Crippen LogP contribution is 2.34. The molecule has 0 saturated heterocycles. The number of fused-ring (bicyclic) bond motifs is 1. The van der Waals surface area contributed by atoms with E-state index in [1.807, 2.05) is 6.92 Å². The molecule has 4 nitrogen and oxygen atoms in total. The number of esters is 1. The van der Waals surface area contributed by atoms with Crippen LogP contribution in [0.5, 0.6) is 0 Å². The normalized spacial score (nSPS) is 17.6. The van der Waals surface area contributed by atoms with Crippen LogP contribution in [0.4, 0.5) is 4.39 Å². The Morgan fingerprint density at radius 2 is 2.15 bits per heavy atom. The van der Waals surface area contributed by atoms with Crippen LogP contribution in [-0.2, 0) is 20.7 Å². The lowest BCUT2D eigenvalue weighted by atomic mass is 9.89. The molecule has 1 aliphatic rings. The van der Waals surface area contributed by atoms with Crippen LogP contribution in [-0.4, -0.2) is 29.9 Å². The third-order valence-electron chi connectivity index (χ3n) is 3.64. The lowest BCUT2D eigenvalue weighted by molar-refractivity contribution is -0.155. The summed E-state index contributed by atoms with van der Waals surface area (Å²) < 4.78 is 19.2. The molecule has 0 bridgehead atoms. The van der Waals surface area contributed by atoms with Crippen molar-refractivity contribution >= 4 is 11.9 Å². The van der Waals surface area contributed by atoms with E-state index in [1.54, 1.807) is 13.0 Å². The third kappa shape index (κ3) is 2.40. The zero-order chi connectivity index (χ0) is 14.9. The maximum absolute atomic E-state index is 14.2. The van der Waals surface area contributed by atoms with E-state index in [0.717, 1.165) is 11.1 Å². The molecular formula is C15H18FNO3. The number of hydrogen-bond donors (Lipinski definition) is 0. The first-order chi connectivity index (χ1) is 9.47. The summed E-state index contributed by atoms with van der Waals surface area (Å²) >= 11 is 0. The van der Waals surface area contributed by atoms with E-state index in [-0.39, 0.29) is 18.1 Å². The van der Waals surface area contributed by atoms with Crippen molar-refractivity contribution in [3.63, 3.8) is 0 Å². The van der Waals surface area contributed by atoms with Crippen LogP contribution in [0.15, 0.2) is 12.1 Å². The summed E-state index contributed by atoms with van der Waals surface area (Å²) in [4.78, 5) is 25.3. The van der Waals surface area contributed by atoms with Gasteiger partial charge in [-0.25, -0.2) is 9.18 Å². The fourth-order valence-corrected chi connectivity index (χ4v) is 2.70. The van der Waals surface area contributed by atoms with Crippen LogP contribution in [0.25, 0.3) is 0 Å². The number of carbonyl (C=O) groups is 2. The van der Waals surface area contributed by atoms with Crippen LogP contribution in [0.1, 0.15) is 36.6 Å². The Bertz CT molecular complexity index is 556. The summed E-state index contributed by atoms with van der Waals surface area (Å²) in [6.45, 7) is 5.54. The van der Waals surface area contributed by atoms with E-state index in [9.17, 15) is 14.0 Å². The second kappa shape index (κ2) is 5.61. The number of amides is 1. The maximum atomic E-state index is 14.2. The molecule has 2 rings (SSSR count). The van der Waals surface area contributed by atoms with Crippen molar-refractivity contribution in [1.82, 2.24) is 4.90 Å². The molecule has 1 aromatic carbocycles. The van der Waals surface area contributed by atoms with Gasteiger partial charge in [0.2, 0.25) is 5.91 Å². The van der Waals surface area contributed by atoms with Crippen molar-refractivity contribution in [3.8, 4) is 0 Å². The summed E-state index contributed by atoms with van der Waals surface area (Å²) in [6, 6.07) is 2.06. The predicted molar refractivity (Wildman–Crippen MR) is 71.6 cm³/mol. The van der Waals surface area contributed by atoms with Gasteiger partial charge in [-0.3, -0.25) is 4.79 Å². The lowest BCUT2D eigenvalue weighted by Gasteiger charge is -2.35. The minimum absolute atomic E-state index is 0.198. The van der Waals surface area contributed by atoms with Crippen molar-refractivity contribution in [2.75, 3.05) is 13.2 Å². The van der Waals surface area contributed by atoms with Crippen molar-refractivity contribution in [3.05, 3.63) is 34.6 Å². The number of rotatable bonds is 2.